The van der Waals surface area contributed by atoms with Gasteiger partial charge in [-0.1, -0.05) is 42.5 Å². The highest BCUT2D eigenvalue weighted by Crippen LogP contribution is 2.22. The summed E-state index contributed by atoms with van der Waals surface area (Å²) in [7, 11) is 1.37. The Balaban J connectivity index is 1.49. The van der Waals surface area contributed by atoms with E-state index in [1.165, 1.54) is 7.11 Å². The number of aromatic amines is 1. The second-order valence-electron chi connectivity index (χ2n) is 6.18. The maximum absolute atomic E-state index is 12.0. The standard InChI is InChI=1S/C22H22N2O4/c1-27-21(25)19-13-17(14-20-18(19)10-12-23-20)9-5-6-11-24-22(26)28-15-16-7-3-2-4-8-16/h2-5,7-10,12-14,23H,6,11,15H2,1H3,(H,24,26). The van der Waals surface area contributed by atoms with Crippen molar-refractivity contribution in [2.45, 2.75) is 13.0 Å². The molecule has 3 rings (SSSR count). The van der Waals surface area contributed by atoms with Gasteiger partial charge < -0.3 is 19.8 Å². The summed E-state index contributed by atoms with van der Waals surface area (Å²) in [5.74, 6) is -0.373. The molecule has 0 bridgehead atoms. The van der Waals surface area contributed by atoms with Crippen molar-refractivity contribution in [2.75, 3.05) is 13.7 Å². The number of carbonyl (C=O) groups excluding carboxylic acids is 2. The van der Waals surface area contributed by atoms with E-state index >= 15 is 0 Å². The number of nitrogens with one attached hydrogen (secondary N) is 2. The number of fused-ring (bicyclic) bond motifs is 1. The third-order valence-corrected chi connectivity index (χ3v) is 4.20. The van der Waals surface area contributed by atoms with Gasteiger partial charge in [0.1, 0.15) is 6.61 Å². The molecule has 2 aromatic carbocycles. The molecule has 0 spiro atoms. The van der Waals surface area contributed by atoms with Crippen LogP contribution in [0.15, 0.2) is 60.8 Å². The van der Waals surface area contributed by atoms with Crippen LogP contribution >= 0.6 is 0 Å². The van der Waals surface area contributed by atoms with Gasteiger partial charge in [-0.25, -0.2) is 9.59 Å². The fourth-order valence-electron chi connectivity index (χ4n) is 2.82. The first kappa shape index (κ1) is 19.2. The molecule has 0 aliphatic heterocycles. The number of benzene rings is 2. The molecule has 0 fully saturated rings. The molecule has 144 valence electrons. The summed E-state index contributed by atoms with van der Waals surface area (Å²) in [6, 6.07) is 15.1. The highest BCUT2D eigenvalue weighted by atomic mass is 16.5. The van der Waals surface area contributed by atoms with Crippen LogP contribution in [0, 0.1) is 0 Å². The minimum absolute atomic E-state index is 0.245. The molecular weight excluding hydrogens is 356 g/mol. The Kier molecular flexibility index (Phi) is 6.46. The maximum Gasteiger partial charge on any atom is 0.407 e. The quantitative estimate of drug-likeness (QED) is 0.475. The van der Waals surface area contributed by atoms with Crippen molar-refractivity contribution < 1.29 is 19.1 Å². The van der Waals surface area contributed by atoms with Crippen LogP contribution < -0.4 is 5.32 Å². The van der Waals surface area contributed by atoms with E-state index in [1.54, 1.807) is 12.3 Å². The molecule has 0 aliphatic carbocycles. The second kappa shape index (κ2) is 9.41. The van der Waals surface area contributed by atoms with Crippen molar-refractivity contribution in [3.05, 3.63) is 77.5 Å². The average Bonchev–Trinajstić information content (AvgIpc) is 3.20. The summed E-state index contributed by atoms with van der Waals surface area (Å²) in [6.07, 6.45) is 5.82. The zero-order valence-corrected chi connectivity index (χ0v) is 15.6. The molecule has 28 heavy (non-hydrogen) atoms. The summed E-state index contributed by atoms with van der Waals surface area (Å²) in [5, 5.41) is 3.54. The summed E-state index contributed by atoms with van der Waals surface area (Å²) >= 11 is 0. The number of amides is 1. The number of ether oxygens (including phenoxy) is 2. The third-order valence-electron chi connectivity index (χ3n) is 4.20. The molecule has 3 aromatic rings. The predicted molar refractivity (Wildman–Crippen MR) is 108 cm³/mol. The van der Waals surface area contributed by atoms with E-state index < -0.39 is 6.09 Å². The number of carbonyl (C=O) groups is 2. The fourth-order valence-corrected chi connectivity index (χ4v) is 2.82. The van der Waals surface area contributed by atoms with Crippen molar-refractivity contribution >= 4 is 29.0 Å². The number of hydrogen-bond donors (Lipinski definition) is 2. The molecule has 0 aliphatic rings. The Bertz CT molecular complexity index is 977. The molecule has 0 atom stereocenters. The average molecular weight is 378 g/mol. The lowest BCUT2D eigenvalue weighted by atomic mass is 10.1. The Hall–Kier alpha value is -3.54. The Morgan fingerprint density at radius 2 is 1.96 bits per heavy atom. The lowest BCUT2D eigenvalue weighted by molar-refractivity contribution is 0.0603. The van der Waals surface area contributed by atoms with Crippen LogP contribution in [0.1, 0.15) is 27.9 Å². The summed E-state index contributed by atoms with van der Waals surface area (Å²) in [6.45, 7) is 0.702. The van der Waals surface area contributed by atoms with Gasteiger partial charge in [0, 0.05) is 23.6 Å². The number of alkyl carbamates (subject to hydrolysis) is 1. The van der Waals surface area contributed by atoms with Gasteiger partial charge in [-0.15, -0.1) is 0 Å². The van der Waals surface area contributed by atoms with Crippen LogP contribution in [0.3, 0.4) is 0 Å². The topological polar surface area (TPSA) is 80.4 Å². The van der Waals surface area contributed by atoms with Crippen LogP contribution in [0.5, 0.6) is 0 Å². The number of H-pyrrole nitrogens is 1. The first-order valence-electron chi connectivity index (χ1n) is 8.98. The van der Waals surface area contributed by atoms with Gasteiger partial charge in [-0.3, -0.25) is 0 Å². The van der Waals surface area contributed by atoms with Gasteiger partial charge in [-0.05, 0) is 35.7 Å². The number of methoxy groups -OCH3 is 1. The molecule has 6 heteroatoms. The van der Waals surface area contributed by atoms with Crippen LogP contribution in [0.2, 0.25) is 0 Å². The van der Waals surface area contributed by atoms with E-state index in [-0.39, 0.29) is 12.6 Å². The van der Waals surface area contributed by atoms with Crippen molar-refractivity contribution in [3.63, 3.8) is 0 Å². The Morgan fingerprint density at radius 1 is 1.14 bits per heavy atom. The van der Waals surface area contributed by atoms with E-state index in [0.29, 0.717) is 18.5 Å². The zero-order valence-electron chi connectivity index (χ0n) is 15.6. The van der Waals surface area contributed by atoms with Gasteiger partial charge in [0.25, 0.3) is 0 Å². The van der Waals surface area contributed by atoms with E-state index in [2.05, 4.69) is 10.3 Å². The van der Waals surface area contributed by atoms with Gasteiger partial charge in [-0.2, -0.15) is 0 Å². The summed E-state index contributed by atoms with van der Waals surface area (Å²) < 4.78 is 10.0. The highest BCUT2D eigenvalue weighted by molar-refractivity contribution is 6.04. The summed E-state index contributed by atoms with van der Waals surface area (Å²) in [4.78, 5) is 26.8. The largest absolute Gasteiger partial charge is 0.465 e. The van der Waals surface area contributed by atoms with Gasteiger partial charge >= 0.3 is 12.1 Å². The van der Waals surface area contributed by atoms with E-state index in [1.807, 2.05) is 54.6 Å². The molecule has 0 radical (unpaired) electrons. The van der Waals surface area contributed by atoms with Gasteiger partial charge in [0.2, 0.25) is 0 Å². The summed E-state index contributed by atoms with van der Waals surface area (Å²) in [5.41, 5.74) is 3.20. The Morgan fingerprint density at radius 3 is 2.75 bits per heavy atom. The number of aromatic nitrogens is 1. The van der Waals surface area contributed by atoms with E-state index in [9.17, 15) is 9.59 Å². The van der Waals surface area contributed by atoms with E-state index in [0.717, 1.165) is 22.0 Å². The van der Waals surface area contributed by atoms with Crippen LogP contribution in [-0.2, 0) is 16.1 Å². The zero-order chi connectivity index (χ0) is 19.8. The number of hydrogen-bond acceptors (Lipinski definition) is 4. The first-order chi connectivity index (χ1) is 13.7. The minimum Gasteiger partial charge on any atom is -0.465 e. The molecule has 0 unspecified atom stereocenters. The molecule has 1 heterocycles. The lowest BCUT2D eigenvalue weighted by Gasteiger charge is -2.06. The normalized spacial score (nSPS) is 10.9. The van der Waals surface area contributed by atoms with Crippen LogP contribution in [0.25, 0.3) is 17.0 Å². The van der Waals surface area contributed by atoms with Crippen molar-refractivity contribution in [3.8, 4) is 0 Å². The smallest absolute Gasteiger partial charge is 0.407 e. The SMILES string of the molecule is COC(=O)c1cc(C=CCCNC(=O)OCc2ccccc2)cc2[nH]ccc12. The van der Waals surface area contributed by atoms with Crippen molar-refractivity contribution in [1.29, 1.82) is 0 Å². The molecule has 6 nitrogen and oxygen atoms in total. The first-order valence-corrected chi connectivity index (χ1v) is 8.98. The number of rotatable bonds is 7. The van der Waals surface area contributed by atoms with Crippen LogP contribution in [-0.4, -0.2) is 30.7 Å². The molecule has 1 aromatic heterocycles. The van der Waals surface area contributed by atoms with Crippen molar-refractivity contribution in [2.24, 2.45) is 0 Å². The Labute approximate surface area is 163 Å². The molecule has 2 N–H and O–H groups in total. The van der Waals surface area contributed by atoms with Crippen molar-refractivity contribution in [1.82, 2.24) is 10.3 Å². The van der Waals surface area contributed by atoms with Gasteiger partial charge in [0.05, 0.1) is 12.7 Å². The number of esters is 1. The molecule has 1 amide bonds. The minimum atomic E-state index is -0.446. The molecular formula is C22H22N2O4. The molecule has 0 saturated heterocycles. The highest BCUT2D eigenvalue weighted by Gasteiger charge is 2.12. The lowest BCUT2D eigenvalue weighted by Crippen LogP contribution is -2.24. The predicted octanol–water partition coefficient (Wildman–Crippen LogP) is 4.28. The maximum atomic E-state index is 12.0. The van der Waals surface area contributed by atoms with Gasteiger partial charge in [0.15, 0.2) is 0 Å². The fraction of sp³-hybridized carbons (Fsp3) is 0.182. The van der Waals surface area contributed by atoms with E-state index in [4.69, 9.17) is 9.47 Å². The second-order valence-corrected chi connectivity index (χ2v) is 6.18. The molecule has 0 saturated carbocycles. The third kappa shape index (κ3) is 5.01. The van der Waals surface area contributed by atoms with Crippen LogP contribution in [0.4, 0.5) is 4.79 Å². The monoisotopic (exact) mass is 378 g/mol.